The second-order valence-electron chi connectivity index (χ2n) is 4.54. The zero-order chi connectivity index (χ0) is 15.4. The fourth-order valence-electron chi connectivity index (χ4n) is 1.93. The lowest BCUT2D eigenvalue weighted by atomic mass is 10.2. The second kappa shape index (κ2) is 6.45. The molecule has 0 aromatic heterocycles. The third-order valence-electron chi connectivity index (χ3n) is 3.02. The highest BCUT2D eigenvalue weighted by Crippen LogP contribution is 2.33. The Kier molecular flexibility index (Phi) is 4.64. The van der Waals surface area contributed by atoms with Crippen LogP contribution >= 0.6 is 0 Å². The molecule has 1 aromatic rings. The molecule has 2 N–H and O–H groups in total. The van der Waals surface area contributed by atoms with Crippen molar-refractivity contribution in [3.05, 3.63) is 18.2 Å². The van der Waals surface area contributed by atoms with E-state index in [-0.39, 0.29) is 19.1 Å². The highest BCUT2D eigenvalue weighted by atomic mass is 16.6. The standard InChI is InChI=1S/C14H18N2O5/c1-3-19-13(17)8-20-9-4-5-12-11(6-9)16(2)14(18)10(15)7-21-12/h4-6,10H,3,7-8,15H2,1-2H3/t10-/m0/s1. The Morgan fingerprint density at radius 1 is 1.52 bits per heavy atom. The predicted molar refractivity (Wildman–Crippen MR) is 75.5 cm³/mol. The number of hydrogen-bond acceptors (Lipinski definition) is 6. The molecule has 0 bridgehead atoms. The Labute approximate surface area is 122 Å². The van der Waals surface area contributed by atoms with Gasteiger partial charge in [-0.1, -0.05) is 0 Å². The van der Waals surface area contributed by atoms with Crippen LogP contribution in [0.5, 0.6) is 11.5 Å². The Balaban J connectivity index is 2.15. The lowest BCUT2D eigenvalue weighted by Crippen LogP contribution is -2.43. The number of carbonyl (C=O) groups is 2. The molecule has 0 unspecified atom stereocenters. The van der Waals surface area contributed by atoms with Crippen molar-refractivity contribution in [2.45, 2.75) is 13.0 Å². The van der Waals surface area contributed by atoms with Crippen molar-refractivity contribution in [1.29, 1.82) is 0 Å². The second-order valence-corrected chi connectivity index (χ2v) is 4.54. The number of carbonyl (C=O) groups excluding carboxylic acids is 2. The van der Waals surface area contributed by atoms with Crippen LogP contribution in [0.3, 0.4) is 0 Å². The molecule has 0 spiro atoms. The van der Waals surface area contributed by atoms with Crippen molar-refractivity contribution in [1.82, 2.24) is 0 Å². The van der Waals surface area contributed by atoms with Crippen LogP contribution in [0.4, 0.5) is 5.69 Å². The predicted octanol–water partition coefficient (Wildman–Crippen LogP) is 0.311. The van der Waals surface area contributed by atoms with Gasteiger partial charge in [0, 0.05) is 13.1 Å². The van der Waals surface area contributed by atoms with Crippen molar-refractivity contribution < 1.29 is 23.8 Å². The van der Waals surface area contributed by atoms with Gasteiger partial charge in [-0.3, -0.25) is 4.79 Å². The van der Waals surface area contributed by atoms with Crippen LogP contribution in [-0.4, -0.2) is 44.8 Å². The summed E-state index contributed by atoms with van der Waals surface area (Å²) in [4.78, 5) is 24.7. The Morgan fingerprint density at radius 3 is 3.00 bits per heavy atom. The molecule has 7 nitrogen and oxygen atoms in total. The van der Waals surface area contributed by atoms with Crippen LogP contribution in [-0.2, 0) is 14.3 Å². The molecule has 114 valence electrons. The fourth-order valence-corrected chi connectivity index (χ4v) is 1.93. The summed E-state index contributed by atoms with van der Waals surface area (Å²) in [5.41, 5.74) is 6.26. The van der Waals surface area contributed by atoms with E-state index in [1.165, 1.54) is 4.90 Å². The van der Waals surface area contributed by atoms with Gasteiger partial charge in [0.25, 0.3) is 0 Å². The first-order chi connectivity index (χ1) is 10.0. The van der Waals surface area contributed by atoms with Gasteiger partial charge in [0.1, 0.15) is 24.1 Å². The van der Waals surface area contributed by atoms with E-state index in [2.05, 4.69) is 0 Å². The van der Waals surface area contributed by atoms with Crippen LogP contribution in [0, 0.1) is 0 Å². The quantitative estimate of drug-likeness (QED) is 0.804. The number of esters is 1. The van der Waals surface area contributed by atoms with Gasteiger partial charge in [-0.15, -0.1) is 0 Å². The monoisotopic (exact) mass is 294 g/mol. The Morgan fingerprint density at radius 2 is 2.29 bits per heavy atom. The van der Waals surface area contributed by atoms with E-state index in [4.69, 9.17) is 19.9 Å². The number of nitrogens with zero attached hydrogens (tertiary/aromatic N) is 1. The number of rotatable bonds is 4. The molecule has 1 aliphatic rings. The molecule has 1 atom stereocenters. The number of benzene rings is 1. The van der Waals surface area contributed by atoms with E-state index in [0.717, 1.165) is 0 Å². The molecule has 1 amide bonds. The normalized spacial score (nSPS) is 17.6. The summed E-state index contributed by atoms with van der Waals surface area (Å²) >= 11 is 0. The van der Waals surface area contributed by atoms with E-state index in [9.17, 15) is 9.59 Å². The maximum absolute atomic E-state index is 12.0. The van der Waals surface area contributed by atoms with Crippen molar-refractivity contribution in [2.75, 3.05) is 31.8 Å². The summed E-state index contributed by atoms with van der Waals surface area (Å²) < 4.78 is 15.6. The number of anilines is 1. The van der Waals surface area contributed by atoms with E-state index in [1.54, 1.807) is 32.2 Å². The van der Waals surface area contributed by atoms with E-state index >= 15 is 0 Å². The summed E-state index contributed by atoms with van der Waals surface area (Å²) in [5.74, 6) is 0.300. The number of ether oxygens (including phenoxy) is 3. The van der Waals surface area contributed by atoms with Gasteiger partial charge in [-0.2, -0.15) is 0 Å². The third kappa shape index (κ3) is 3.43. The molecule has 7 heteroatoms. The maximum atomic E-state index is 12.0. The first-order valence-electron chi connectivity index (χ1n) is 6.61. The van der Waals surface area contributed by atoms with Gasteiger partial charge in [0.05, 0.1) is 12.3 Å². The molecule has 1 aromatic carbocycles. The summed E-state index contributed by atoms with van der Waals surface area (Å²) in [6.07, 6.45) is 0. The van der Waals surface area contributed by atoms with E-state index in [1.807, 2.05) is 0 Å². The molecule has 0 fully saturated rings. The fraction of sp³-hybridized carbons (Fsp3) is 0.429. The SMILES string of the molecule is CCOC(=O)COc1ccc2c(c1)N(C)C(=O)[C@@H](N)CO2. The lowest BCUT2D eigenvalue weighted by Gasteiger charge is -2.18. The van der Waals surface area contributed by atoms with Gasteiger partial charge in [0.2, 0.25) is 5.91 Å². The average molecular weight is 294 g/mol. The van der Waals surface area contributed by atoms with Crippen molar-refractivity contribution in [3.8, 4) is 11.5 Å². The van der Waals surface area contributed by atoms with Gasteiger partial charge in [0.15, 0.2) is 6.61 Å². The summed E-state index contributed by atoms with van der Waals surface area (Å²) in [6.45, 7) is 1.96. The number of likely N-dealkylation sites (N-methyl/N-ethyl adjacent to an activating group) is 1. The van der Waals surface area contributed by atoms with Gasteiger partial charge in [-0.05, 0) is 19.1 Å². The maximum Gasteiger partial charge on any atom is 0.344 e. The largest absolute Gasteiger partial charge is 0.489 e. The van der Waals surface area contributed by atoms with Crippen LogP contribution in [0.1, 0.15) is 6.92 Å². The molecule has 1 heterocycles. The smallest absolute Gasteiger partial charge is 0.344 e. The summed E-state index contributed by atoms with van der Waals surface area (Å²) in [6, 6.07) is 4.27. The Bertz CT molecular complexity index is 546. The summed E-state index contributed by atoms with van der Waals surface area (Å²) in [5, 5.41) is 0. The molecule has 21 heavy (non-hydrogen) atoms. The highest BCUT2D eigenvalue weighted by molar-refractivity contribution is 5.98. The highest BCUT2D eigenvalue weighted by Gasteiger charge is 2.26. The molecule has 0 saturated heterocycles. The van der Waals surface area contributed by atoms with Gasteiger partial charge < -0.3 is 24.8 Å². The molecule has 0 saturated carbocycles. The van der Waals surface area contributed by atoms with Crippen molar-refractivity contribution >= 4 is 17.6 Å². The van der Waals surface area contributed by atoms with Crippen molar-refractivity contribution in [3.63, 3.8) is 0 Å². The van der Waals surface area contributed by atoms with E-state index < -0.39 is 12.0 Å². The molecular weight excluding hydrogens is 276 g/mol. The topological polar surface area (TPSA) is 91.1 Å². The molecular formula is C14H18N2O5. The average Bonchev–Trinajstić information content (AvgIpc) is 2.58. The molecule has 0 radical (unpaired) electrons. The minimum Gasteiger partial charge on any atom is -0.489 e. The first kappa shape index (κ1) is 15.1. The van der Waals surface area contributed by atoms with Gasteiger partial charge in [-0.25, -0.2) is 4.79 Å². The summed E-state index contributed by atoms with van der Waals surface area (Å²) in [7, 11) is 1.62. The Hall–Kier alpha value is -2.28. The van der Waals surface area contributed by atoms with Crippen LogP contribution in [0.25, 0.3) is 0 Å². The number of nitrogens with two attached hydrogens (primary N) is 1. The minimum absolute atomic E-state index is 0.124. The zero-order valence-electron chi connectivity index (χ0n) is 12.0. The van der Waals surface area contributed by atoms with Gasteiger partial charge >= 0.3 is 5.97 Å². The number of amides is 1. The van der Waals surface area contributed by atoms with E-state index in [0.29, 0.717) is 23.8 Å². The minimum atomic E-state index is -0.702. The molecule has 1 aliphatic heterocycles. The lowest BCUT2D eigenvalue weighted by molar-refractivity contribution is -0.145. The van der Waals surface area contributed by atoms with Crippen LogP contribution < -0.4 is 20.1 Å². The zero-order valence-corrected chi connectivity index (χ0v) is 12.0. The van der Waals surface area contributed by atoms with Crippen LogP contribution in [0.2, 0.25) is 0 Å². The number of fused-ring (bicyclic) bond motifs is 1. The number of hydrogen-bond donors (Lipinski definition) is 1. The van der Waals surface area contributed by atoms with Crippen LogP contribution in [0.15, 0.2) is 18.2 Å². The molecule has 0 aliphatic carbocycles. The first-order valence-corrected chi connectivity index (χ1v) is 6.61. The third-order valence-corrected chi connectivity index (χ3v) is 3.02. The molecule has 2 rings (SSSR count). The van der Waals surface area contributed by atoms with Crippen molar-refractivity contribution in [2.24, 2.45) is 5.73 Å².